The lowest BCUT2D eigenvalue weighted by molar-refractivity contribution is 0.115. The Hall–Kier alpha value is -1.84. The molecule has 2 aromatic rings. The molecule has 0 heterocycles. The summed E-state index contributed by atoms with van der Waals surface area (Å²) in [4.78, 5) is 0. The third-order valence-corrected chi connectivity index (χ3v) is 4.63. The van der Waals surface area contributed by atoms with Crippen molar-refractivity contribution >= 4 is 0 Å². The van der Waals surface area contributed by atoms with Crippen LogP contribution in [0.1, 0.15) is 43.9 Å². The number of hydrogen-bond acceptors (Lipinski definition) is 3. The highest BCUT2D eigenvalue weighted by molar-refractivity contribution is 5.29. The second kappa shape index (κ2) is 8.32. The van der Waals surface area contributed by atoms with Crippen LogP contribution in [-0.2, 0) is 0 Å². The van der Waals surface area contributed by atoms with Crippen molar-refractivity contribution in [3.63, 3.8) is 0 Å². The first-order chi connectivity index (χ1) is 11.5. The topological polar surface area (TPSA) is 41.5 Å². The molecule has 0 aromatic heterocycles. The number of methoxy groups -OCH3 is 1. The van der Waals surface area contributed by atoms with Crippen molar-refractivity contribution in [3.05, 3.63) is 65.7 Å². The predicted octanol–water partition coefficient (Wildman–Crippen LogP) is 4.15. The monoisotopic (exact) mass is 327 g/mol. The fourth-order valence-electron chi connectivity index (χ4n) is 2.93. The number of aliphatic hydroxyl groups is 1. The fourth-order valence-corrected chi connectivity index (χ4v) is 2.93. The van der Waals surface area contributed by atoms with Gasteiger partial charge in [-0.3, -0.25) is 0 Å². The summed E-state index contributed by atoms with van der Waals surface area (Å²) in [5.74, 6) is 1.25. The maximum atomic E-state index is 9.81. The second-order valence-corrected chi connectivity index (χ2v) is 7.07. The summed E-state index contributed by atoms with van der Waals surface area (Å²) < 4.78 is 5.22. The van der Waals surface area contributed by atoms with Crippen LogP contribution < -0.4 is 10.1 Å². The van der Waals surface area contributed by atoms with Crippen LogP contribution in [0.4, 0.5) is 0 Å². The molecule has 0 bridgehead atoms. The van der Waals surface area contributed by atoms with Crippen molar-refractivity contribution in [1.82, 2.24) is 5.32 Å². The minimum Gasteiger partial charge on any atom is -0.497 e. The Bertz CT molecular complexity index is 607. The van der Waals surface area contributed by atoms with Gasteiger partial charge in [-0.05, 0) is 29.2 Å². The average molecular weight is 327 g/mol. The zero-order valence-corrected chi connectivity index (χ0v) is 15.1. The van der Waals surface area contributed by atoms with Crippen molar-refractivity contribution in [3.8, 4) is 5.75 Å². The van der Waals surface area contributed by atoms with Gasteiger partial charge in [-0.15, -0.1) is 0 Å². The van der Waals surface area contributed by atoms with Crippen LogP contribution >= 0.6 is 0 Å². The Labute approximate surface area is 145 Å². The van der Waals surface area contributed by atoms with Crippen LogP contribution in [0.25, 0.3) is 0 Å². The maximum absolute atomic E-state index is 9.81. The van der Waals surface area contributed by atoms with Gasteiger partial charge in [0.1, 0.15) is 5.75 Å². The molecule has 0 aliphatic rings. The summed E-state index contributed by atoms with van der Waals surface area (Å²) >= 11 is 0. The molecule has 2 atom stereocenters. The van der Waals surface area contributed by atoms with Crippen molar-refractivity contribution in [2.75, 3.05) is 20.3 Å². The molecule has 0 aliphatic heterocycles. The summed E-state index contributed by atoms with van der Waals surface area (Å²) in [6.45, 7) is 7.38. The Morgan fingerprint density at radius 1 is 1.00 bits per heavy atom. The van der Waals surface area contributed by atoms with E-state index in [2.05, 4.69) is 50.4 Å². The van der Waals surface area contributed by atoms with E-state index in [9.17, 15) is 5.11 Å². The molecule has 2 rings (SSSR count). The van der Waals surface area contributed by atoms with Gasteiger partial charge in [0.2, 0.25) is 0 Å². The van der Waals surface area contributed by atoms with Crippen molar-refractivity contribution in [2.24, 2.45) is 5.41 Å². The van der Waals surface area contributed by atoms with Gasteiger partial charge >= 0.3 is 0 Å². The van der Waals surface area contributed by atoms with Gasteiger partial charge in [-0.2, -0.15) is 0 Å². The predicted molar refractivity (Wildman–Crippen MR) is 99.5 cm³/mol. The molecule has 24 heavy (non-hydrogen) atoms. The molecule has 0 fully saturated rings. The lowest BCUT2D eigenvalue weighted by Crippen LogP contribution is -2.38. The van der Waals surface area contributed by atoms with Crippen LogP contribution in [0.15, 0.2) is 54.6 Å². The highest BCUT2D eigenvalue weighted by atomic mass is 16.5. The van der Waals surface area contributed by atoms with Gasteiger partial charge in [0.15, 0.2) is 0 Å². The number of aliphatic hydroxyl groups excluding tert-OH is 1. The number of benzene rings is 2. The van der Waals surface area contributed by atoms with Crippen molar-refractivity contribution < 1.29 is 9.84 Å². The molecule has 0 unspecified atom stereocenters. The van der Waals surface area contributed by atoms with E-state index in [-0.39, 0.29) is 18.1 Å². The molecular formula is C21H29NO2. The Morgan fingerprint density at radius 2 is 1.62 bits per heavy atom. The molecule has 2 N–H and O–H groups in total. The van der Waals surface area contributed by atoms with E-state index in [1.165, 1.54) is 11.1 Å². The molecule has 2 aromatic carbocycles. The molecule has 0 amide bonds. The summed E-state index contributed by atoms with van der Waals surface area (Å²) in [7, 11) is 1.68. The van der Waals surface area contributed by atoms with Crippen LogP contribution in [-0.4, -0.2) is 25.4 Å². The summed E-state index contributed by atoms with van der Waals surface area (Å²) in [6, 6.07) is 18.7. The molecule has 0 saturated heterocycles. The van der Waals surface area contributed by atoms with Crippen LogP contribution in [0, 0.1) is 5.41 Å². The van der Waals surface area contributed by atoms with E-state index < -0.39 is 0 Å². The molecular weight excluding hydrogens is 298 g/mol. The summed E-state index contributed by atoms with van der Waals surface area (Å²) in [6.07, 6.45) is 0. The molecule has 0 aliphatic carbocycles. The SMILES string of the molecule is COc1ccc([C@@H](C)CN[C@H](c2ccccc2)C(C)(C)CO)cc1. The third kappa shape index (κ3) is 4.59. The smallest absolute Gasteiger partial charge is 0.118 e. The van der Waals surface area contributed by atoms with E-state index in [4.69, 9.17) is 4.74 Å². The molecule has 130 valence electrons. The van der Waals surface area contributed by atoms with E-state index >= 15 is 0 Å². The lowest BCUT2D eigenvalue weighted by Gasteiger charge is -2.35. The molecule has 3 nitrogen and oxygen atoms in total. The normalized spacial score (nSPS) is 14.2. The summed E-state index contributed by atoms with van der Waals surface area (Å²) in [5, 5.41) is 13.5. The van der Waals surface area contributed by atoms with Crippen LogP contribution in [0.3, 0.4) is 0 Å². The lowest BCUT2D eigenvalue weighted by atomic mass is 9.81. The van der Waals surface area contributed by atoms with Crippen LogP contribution in [0.2, 0.25) is 0 Å². The third-order valence-electron chi connectivity index (χ3n) is 4.63. The first-order valence-electron chi connectivity index (χ1n) is 8.51. The standard InChI is InChI=1S/C21H29NO2/c1-16(17-10-12-19(24-4)13-11-17)14-22-20(21(2,3)15-23)18-8-6-5-7-9-18/h5-13,16,20,22-23H,14-15H2,1-4H3/t16-,20+/m0/s1. The highest BCUT2D eigenvalue weighted by Gasteiger charge is 2.30. The number of hydrogen-bond donors (Lipinski definition) is 2. The van der Waals surface area contributed by atoms with Crippen molar-refractivity contribution in [2.45, 2.75) is 32.7 Å². The minimum absolute atomic E-state index is 0.101. The van der Waals surface area contributed by atoms with Gasteiger partial charge in [0.25, 0.3) is 0 Å². The van der Waals surface area contributed by atoms with E-state index in [0.29, 0.717) is 5.92 Å². The van der Waals surface area contributed by atoms with Crippen molar-refractivity contribution in [1.29, 1.82) is 0 Å². The van der Waals surface area contributed by atoms with Gasteiger partial charge in [-0.25, -0.2) is 0 Å². The number of ether oxygens (including phenoxy) is 1. The Kier molecular flexibility index (Phi) is 6.41. The van der Waals surface area contributed by atoms with E-state index in [1.54, 1.807) is 7.11 Å². The quantitative estimate of drug-likeness (QED) is 0.765. The number of nitrogens with one attached hydrogen (secondary N) is 1. The minimum atomic E-state index is -0.235. The highest BCUT2D eigenvalue weighted by Crippen LogP contribution is 2.33. The zero-order valence-electron chi connectivity index (χ0n) is 15.1. The fraction of sp³-hybridized carbons (Fsp3) is 0.429. The second-order valence-electron chi connectivity index (χ2n) is 7.07. The first-order valence-corrected chi connectivity index (χ1v) is 8.51. The Morgan fingerprint density at radius 3 is 2.17 bits per heavy atom. The maximum Gasteiger partial charge on any atom is 0.118 e. The molecule has 3 heteroatoms. The van der Waals surface area contributed by atoms with E-state index in [0.717, 1.165) is 12.3 Å². The van der Waals surface area contributed by atoms with Gasteiger partial charge < -0.3 is 15.2 Å². The van der Waals surface area contributed by atoms with Crippen LogP contribution in [0.5, 0.6) is 5.75 Å². The first kappa shape index (κ1) is 18.5. The average Bonchev–Trinajstić information content (AvgIpc) is 2.62. The van der Waals surface area contributed by atoms with Gasteiger partial charge in [0.05, 0.1) is 7.11 Å². The molecule has 0 spiro atoms. The van der Waals surface area contributed by atoms with E-state index in [1.807, 2.05) is 30.3 Å². The molecule has 0 saturated carbocycles. The van der Waals surface area contributed by atoms with Gasteiger partial charge in [-0.1, -0.05) is 63.2 Å². The molecule has 0 radical (unpaired) electrons. The Balaban J connectivity index is 2.09. The van der Waals surface area contributed by atoms with Gasteiger partial charge in [0, 0.05) is 24.6 Å². The largest absolute Gasteiger partial charge is 0.497 e. The zero-order chi connectivity index (χ0) is 17.6. The summed E-state index contributed by atoms with van der Waals surface area (Å²) in [5.41, 5.74) is 2.25. The number of rotatable bonds is 8.